The molecule has 0 N–H and O–H groups in total. The largest absolute Gasteiger partial charge is 0.494 e. The van der Waals surface area contributed by atoms with Gasteiger partial charge in [-0.1, -0.05) is 84.1 Å². The number of aromatic nitrogens is 1. The van der Waals surface area contributed by atoms with Crippen molar-refractivity contribution in [1.82, 2.24) is 4.98 Å². The summed E-state index contributed by atoms with van der Waals surface area (Å²) in [6, 6.07) is 12.8. The standard InChI is InChI=1S/C27H41NO/c1-3-5-7-9-11-13-15-24-16-21-27(28-23-24)25-17-19-26(20-18-25)29-22-14-12-10-8-6-4-2/h16-21,23H,3-15,22H2,1-2H3. The number of hydrogen-bond acceptors (Lipinski definition) is 2. The molecule has 0 spiro atoms. The normalized spacial score (nSPS) is 11.0. The third-order valence-corrected chi connectivity index (χ3v) is 5.56. The fourth-order valence-corrected chi connectivity index (χ4v) is 3.65. The molecule has 0 fully saturated rings. The van der Waals surface area contributed by atoms with E-state index < -0.39 is 0 Å². The van der Waals surface area contributed by atoms with Gasteiger partial charge in [0.1, 0.15) is 5.75 Å². The van der Waals surface area contributed by atoms with Crippen LogP contribution in [0.4, 0.5) is 0 Å². The van der Waals surface area contributed by atoms with Crippen LogP contribution in [0.15, 0.2) is 42.6 Å². The summed E-state index contributed by atoms with van der Waals surface area (Å²) in [5.41, 5.74) is 3.55. The Morgan fingerprint density at radius 3 is 1.90 bits per heavy atom. The van der Waals surface area contributed by atoms with Gasteiger partial charge in [0.25, 0.3) is 0 Å². The SMILES string of the molecule is CCCCCCCCOc1ccc(-c2ccc(CCCCCCCC)cn2)cc1. The predicted molar refractivity (Wildman–Crippen MR) is 126 cm³/mol. The van der Waals surface area contributed by atoms with Gasteiger partial charge in [0.15, 0.2) is 0 Å². The van der Waals surface area contributed by atoms with E-state index in [4.69, 9.17) is 4.74 Å². The molecule has 0 atom stereocenters. The van der Waals surface area contributed by atoms with Crippen molar-refractivity contribution < 1.29 is 4.74 Å². The van der Waals surface area contributed by atoms with Gasteiger partial charge in [0.2, 0.25) is 0 Å². The number of unbranched alkanes of at least 4 members (excludes halogenated alkanes) is 10. The zero-order valence-corrected chi connectivity index (χ0v) is 18.8. The highest BCUT2D eigenvalue weighted by molar-refractivity contribution is 5.60. The summed E-state index contributed by atoms with van der Waals surface area (Å²) in [5.74, 6) is 0.960. The molecule has 1 aromatic heterocycles. The van der Waals surface area contributed by atoms with E-state index in [2.05, 4.69) is 55.2 Å². The number of nitrogens with zero attached hydrogens (tertiary/aromatic N) is 1. The molecule has 2 nitrogen and oxygen atoms in total. The summed E-state index contributed by atoms with van der Waals surface area (Å²) in [7, 11) is 0. The maximum atomic E-state index is 5.88. The topological polar surface area (TPSA) is 22.1 Å². The van der Waals surface area contributed by atoms with E-state index in [9.17, 15) is 0 Å². The average Bonchev–Trinajstić information content (AvgIpc) is 2.76. The van der Waals surface area contributed by atoms with Crippen LogP contribution in [0.5, 0.6) is 5.75 Å². The van der Waals surface area contributed by atoms with Gasteiger partial charge >= 0.3 is 0 Å². The van der Waals surface area contributed by atoms with Crippen LogP contribution >= 0.6 is 0 Å². The van der Waals surface area contributed by atoms with Gasteiger partial charge in [0, 0.05) is 11.8 Å². The number of aryl methyl sites for hydroxylation is 1. The Labute approximate surface area is 179 Å². The fourth-order valence-electron chi connectivity index (χ4n) is 3.65. The van der Waals surface area contributed by atoms with Gasteiger partial charge in [-0.25, -0.2) is 0 Å². The van der Waals surface area contributed by atoms with Crippen molar-refractivity contribution in [1.29, 1.82) is 0 Å². The number of benzene rings is 1. The van der Waals surface area contributed by atoms with Gasteiger partial charge in [-0.2, -0.15) is 0 Å². The molecule has 0 bridgehead atoms. The minimum atomic E-state index is 0.816. The van der Waals surface area contributed by atoms with E-state index in [0.717, 1.165) is 36.5 Å². The smallest absolute Gasteiger partial charge is 0.119 e. The van der Waals surface area contributed by atoms with E-state index in [1.807, 2.05) is 6.20 Å². The van der Waals surface area contributed by atoms with Crippen LogP contribution in [0, 0.1) is 0 Å². The molecule has 29 heavy (non-hydrogen) atoms. The Morgan fingerprint density at radius 1 is 0.655 bits per heavy atom. The second-order valence-corrected chi connectivity index (χ2v) is 8.21. The van der Waals surface area contributed by atoms with Crippen LogP contribution < -0.4 is 4.74 Å². The second-order valence-electron chi connectivity index (χ2n) is 8.21. The molecule has 0 saturated heterocycles. The molecular formula is C27H41NO. The molecule has 0 aliphatic heterocycles. The number of hydrogen-bond donors (Lipinski definition) is 0. The number of ether oxygens (including phenoxy) is 1. The van der Waals surface area contributed by atoms with Gasteiger partial charge in [-0.15, -0.1) is 0 Å². The minimum absolute atomic E-state index is 0.816. The molecule has 2 aromatic rings. The van der Waals surface area contributed by atoms with Crippen LogP contribution in [-0.4, -0.2) is 11.6 Å². The Balaban J connectivity index is 1.68. The molecule has 2 heteroatoms. The third kappa shape index (κ3) is 9.96. The lowest BCUT2D eigenvalue weighted by Gasteiger charge is -2.08. The van der Waals surface area contributed by atoms with Crippen molar-refractivity contribution in [3.05, 3.63) is 48.2 Å². The van der Waals surface area contributed by atoms with E-state index in [-0.39, 0.29) is 0 Å². The van der Waals surface area contributed by atoms with E-state index in [1.54, 1.807) is 0 Å². The van der Waals surface area contributed by atoms with Gasteiger partial charge < -0.3 is 4.74 Å². The van der Waals surface area contributed by atoms with Crippen LogP contribution in [-0.2, 0) is 6.42 Å². The molecule has 0 aliphatic rings. The van der Waals surface area contributed by atoms with Crippen molar-refractivity contribution in [2.45, 2.75) is 97.3 Å². The van der Waals surface area contributed by atoms with Gasteiger partial charge in [-0.3, -0.25) is 4.98 Å². The average molecular weight is 396 g/mol. The zero-order chi connectivity index (χ0) is 20.6. The van der Waals surface area contributed by atoms with Crippen molar-refractivity contribution >= 4 is 0 Å². The first-order valence-electron chi connectivity index (χ1n) is 12.0. The maximum Gasteiger partial charge on any atom is 0.119 e. The predicted octanol–water partition coefficient (Wildman–Crippen LogP) is 8.39. The summed E-state index contributed by atoms with van der Waals surface area (Å²) in [4.78, 5) is 4.68. The summed E-state index contributed by atoms with van der Waals surface area (Å²) in [5, 5.41) is 0. The Kier molecular flexibility index (Phi) is 12.2. The molecule has 0 aliphatic carbocycles. The number of rotatable bonds is 16. The quantitative estimate of drug-likeness (QED) is 0.266. The van der Waals surface area contributed by atoms with Crippen molar-refractivity contribution in [2.24, 2.45) is 0 Å². The molecule has 1 heterocycles. The first kappa shape index (κ1) is 23.4. The van der Waals surface area contributed by atoms with Crippen molar-refractivity contribution in [2.75, 3.05) is 6.61 Å². The molecule has 160 valence electrons. The monoisotopic (exact) mass is 395 g/mol. The zero-order valence-electron chi connectivity index (χ0n) is 18.8. The molecule has 1 aromatic carbocycles. The Morgan fingerprint density at radius 2 is 1.28 bits per heavy atom. The number of pyridine rings is 1. The highest BCUT2D eigenvalue weighted by Crippen LogP contribution is 2.21. The van der Waals surface area contributed by atoms with Crippen LogP contribution in [0.3, 0.4) is 0 Å². The molecule has 0 radical (unpaired) electrons. The Bertz CT molecular complexity index is 633. The molecule has 0 unspecified atom stereocenters. The van der Waals surface area contributed by atoms with E-state index in [0.29, 0.717) is 0 Å². The summed E-state index contributed by atoms with van der Waals surface area (Å²) < 4.78 is 5.88. The molecular weight excluding hydrogens is 354 g/mol. The van der Waals surface area contributed by atoms with E-state index >= 15 is 0 Å². The maximum absolute atomic E-state index is 5.88. The van der Waals surface area contributed by atoms with Gasteiger partial charge in [-0.05, 0) is 55.2 Å². The fraction of sp³-hybridized carbons (Fsp3) is 0.593. The lowest BCUT2D eigenvalue weighted by Crippen LogP contribution is -1.97. The third-order valence-electron chi connectivity index (χ3n) is 5.56. The lowest BCUT2D eigenvalue weighted by atomic mass is 10.1. The van der Waals surface area contributed by atoms with Crippen molar-refractivity contribution in [3.63, 3.8) is 0 Å². The molecule has 2 rings (SSSR count). The first-order valence-corrected chi connectivity index (χ1v) is 12.0. The van der Waals surface area contributed by atoms with Gasteiger partial charge in [0.05, 0.1) is 12.3 Å². The van der Waals surface area contributed by atoms with Crippen molar-refractivity contribution in [3.8, 4) is 17.0 Å². The van der Waals surface area contributed by atoms with Crippen LogP contribution in [0.25, 0.3) is 11.3 Å². The molecule has 0 amide bonds. The van der Waals surface area contributed by atoms with Crippen LogP contribution in [0.1, 0.15) is 96.5 Å². The first-order chi connectivity index (χ1) is 14.3. The molecule has 0 saturated carbocycles. The van der Waals surface area contributed by atoms with E-state index in [1.165, 1.54) is 76.2 Å². The summed E-state index contributed by atoms with van der Waals surface area (Å²) in [6.07, 6.45) is 19.0. The minimum Gasteiger partial charge on any atom is -0.494 e. The highest BCUT2D eigenvalue weighted by atomic mass is 16.5. The summed E-state index contributed by atoms with van der Waals surface area (Å²) >= 11 is 0. The second kappa shape index (κ2) is 15.1. The lowest BCUT2D eigenvalue weighted by molar-refractivity contribution is 0.304. The Hall–Kier alpha value is -1.83. The summed E-state index contributed by atoms with van der Waals surface area (Å²) in [6.45, 7) is 5.34. The highest BCUT2D eigenvalue weighted by Gasteiger charge is 2.02. The van der Waals surface area contributed by atoms with Crippen LogP contribution in [0.2, 0.25) is 0 Å².